The Labute approximate surface area is 155 Å². The number of carbonyl (C=O) groups excluding carboxylic acids is 1. The number of aldehydes is 1. The van der Waals surface area contributed by atoms with Crippen LogP contribution < -0.4 is 15.5 Å². The molecule has 0 radical (unpaired) electrons. The highest BCUT2D eigenvalue weighted by atomic mass is 35.5. The summed E-state index contributed by atoms with van der Waals surface area (Å²) in [7, 11) is 0. The molecule has 6 nitrogen and oxygen atoms in total. The van der Waals surface area contributed by atoms with Gasteiger partial charge in [-0.15, -0.1) is 0 Å². The Hall–Kier alpha value is -3.12. The molecule has 1 unspecified atom stereocenters. The molecular weight excluding hydrogens is 350 g/mol. The van der Waals surface area contributed by atoms with Crippen molar-refractivity contribution in [3.63, 3.8) is 0 Å². The molecule has 130 valence electrons. The first kappa shape index (κ1) is 16.4. The smallest absolute Gasteiger partial charge is 0.162 e. The molecule has 0 saturated carbocycles. The second-order valence-electron chi connectivity index (χ2n) is 5.89. The first-order valence-electron chi connectivity index (χ1n) is 8.14. The van der Waals surface area contributed by atoms with Gasteiger partial charge in [0.15, 0.2) is 24.1 Å². The van der Waals surface area contributed by atoms with E-state index in [4.69, 9.17) is 11.6 Å². The van der Waals surface area contributed by atoms with E-state index in [9.17, 15) is 4.79 Å². The minimum atomic E-state index is -0.493. The first-order valence-corrected chi connectivity index (χ1v) is 8.52. The molecule has 2 heterocycles. The van der Waals surface area contributed by atoms with E-state index in [1.165, 1.54) is 6.33 Å². The maximum Gasteiger partial charge on any atom is 0.162 e. The van der Waals surface area contributed by atoms with Crippen molar-refractivity contribution in [2.24, 2.45) is 0 Å². The fourth-order valence-electron chi connectivity index (χ4n) is 2.91. The maximum atomic E-state index is 11.6. The molecular formula is C19H16ClN5O. The maximum absolute atomic E-state index is 11.6. The number of nitrogens with zero attached hydrogens (tertiary/aromatic N) is 3. The standard InChI is InChI=1S/C19H16ClN5O/c20-14-6-8-15(9-7-14)23-18-17-19(22-12-21-18)25(16(11-26)24-17)10-13-4-2-1-3-5-13/h1-9,11-12,16,24H,10H2,(H,21,22,23). The van der Waals surface area contributed by atoms with E-state index in [0.29, 0.717) is 28.9 Å². The Morgan fingerprint density at radius 3 is 2.62 bits per heavy atom. The largest absolute Gasteiger partial charge is 0.353 e. The topological polar surface area (TPSA) is 70.1 Å². The number of aromatic nitrogens is 2. The third-order valence-electron chi connectivity index (χ3n) is 4.16. The van der Waals surface area contributed by atoms with Crippen LogP contribution >= 0.6 is 11.6 Å². The van der Waals surface area contributed by atoms with Crippen molar-refractivity contribution in [2.75, 3.05) is 15.5 Å². The van der Waals surface area contributed by atoms with Gasteiger partial charge in [-0.25, -0.2) is 9.97 Å². The van der Waals surface area contributed by atoms with E-state index in [-0.39, 0.29) is 0 Å². The van der Waals surface area contributed by atoms with Gasteiger partial charge in [-0.1, -0.05) is 41.9 Å². The summed E-state index contributed by atoms with van der Waals surface area (Å²) in [5.74, 6) is 1.30. The van der Waals surface area contributed by atoms with Crippen LogP contribution in [0.3, 0.4) is 0 Å². The molecule has 2 N–H and O–H groups in total. The van der Waals surface area contributed by atoms with Crippen LogP contribution in [0.1, 0.15) is 5.56 Å². The quantitative estimate of drug-likeness (QED) is 0.670. The van der Waals surface area contributed by atoms with E-state index in [2.05, 4.69) is 20.6 Å². The predicted molar refractivity (Wildman–Crippen MR) is 103 cm³/mol. The number of hydrogen-bond acceptors (Lipinski definition) is 6. The Balaban J connectivity index is 1.65. The van der Waals surface area contributed by atoms with Gasteiger partial charge in [-0.05, 0) is 29.8 Å². The number of fused-ring (bicyclic) bond motifs is 1. The summed E-state index contributed by atoms with van der Waals surface area (Å²) in [6.07, 6.45) is 1.87. The summed E-state index contributed by atoms with van der Waals surface area (Å²) in [4.78, 5) is 22.2. The summed E-state index contributed by atoms with van der Waals surface area (Å²) in [6, 6.07) is 17.3. The Morgan fingerprint density at radius 1 is 1.12 bits per heavy atom. The van der Waals surface area contributed by atoms with E-state index < -0.39 is 6.17 Å². The molecule has 0 bridgehead atoms. The normalized spacial score (nSPS) is 15.3. The lowest BCUT2D eigenvalue weighted by Gasteiger charge is -2.21. The molecule has 1 aromatic heterocycles. The van der Waals surface area contributed by atoms with Gasteiger partial charge in [0, 0.05) is 17.3 Å². The molecule has 3 aromatic rings. The summed E-state index contributed by atoms with van der Waals surface area (Å²) in [6.45, 7) is 0.571. The second-order valence-corrected chi connectivity index (χ2v) is 6.33. The van der Waals surface area contributed by atoms with Crippen molar-refractivity contribution in [3.8, 4) is 0 Å². The van der Waals surface area contributed by atoms with Crippen molar-refractivity contribution in [1.82, 2.24) is 9.97 Å². The van der Waals surface area contributed by atoms with Gasteiger partial charge in [0.25, 0.3) is 0 Å². The van der Waals surface area contributed by atoms with Gasteiger partial charge >= 0.3 is 0 Å². The van der Waals surface area contributed by atoms with Crippen molar-refractivity contribution >= 4 is 40.9 Å². The lowest BCUT2D eigenvalue weighted by Crippen LogP contribution is -2.36. The van der Waals surface area contributed by atoms with Crippen molar-refractivity contribution in [2.45, 2.75) is 12.7 Å². The highest BCUT2D eigenvalue weighted by Gasteiger charge is 2.32. The molecule has 0 fully saturated rings. The zero-order valence-electron chi connectivity index (χ0n) is 13.8. The minimum absolute atomic E-state index is 0.493. The zero-order chi connectivity index (χ0) is 17.9. The number of carbonyl (C=O) groups is 1. The summed E-state index contributed by atoms with van der Waals surface area (Å²) in [5.41, 5.74) is 2.65. The minimum Gasteiger partial charge on any atom is -0.353 e. The number of nitrogens with one attached hydrogen (secondary N) is 2. The molecule has 0 amide bonds. The van der Waals surface area contributed by atoms with Gasteiger partial charge in [-0.2, -0.15) is 0 Å². The van der Waals surface area contributed by atoms with E-state index >= 15 is 0 Å². The molecule has 0 spiro atoms. The number of rotatable bonds is 5. The molecule has 1 aliphatic rings. The fourth-order valence-corrected chi connectivity index (χ4v) is 3.04. The third kappa shape index (κ3) is 3.19. The van der Waals surface area contributed by atoms with Crippen LogP contribution in [-0.4, -0.2) is 22.4 Å². The van der Waals surface area contributed by atoms with Crippen LogP contribution in [0, 0.1) is 0 Å². The number of hydrogen-bond donors (Lipinski definition) is 2. The number of benzene rings is 2. The van der Waals surface area contributed by atoms with Crippen LogP contribution in [-0.2, 0) is 11.3 Å². The van der Waals surface area contributed by atoms with Gasteiger partial charge in [0.05, 0.1) is 0 Å². The SMILES string of the molecule is O=CC1Nc2c(Nc3ccc(Cl)cc3)ncnc2N1Cc1ccccc1. The van der Waals surface area contributed by atoms with E-state index in [0.717, 1.165) is 17.5 Å². The lowest BCUT2D eigenvalue weighted by molar-refractivity contribution is -0.108. The predicted octanol–water partition coefficient (Wildman–Crippen LogP) is 3.83. The molecule has 0 saturated heterocycles. The highest BCUT2D eigenvalue weighted by Crippen LogP contribution is 2.38. The summed E-state index contributed by atoms with van der Waals surface area (Å²) < 4.78 is 0. The third-order valence-corrected chi connectivity index (χ3v) is 4.41. The van der Waals surface area contributed by atoms with Crippen molar-refractivity contribution in [3.05, 3.63) is 71.5 Å². The van der Waals surface area contributed by atoms with Crippen molar-refractivity contribution in [1.29, 1.82) is 0 Å². The van der Waals surface area contributed by atoms with Crippen LogP contribution in [0.4, 0.5) is 23.0 Å². The Kier molecular flexibility index (Phi) is 4.41. The second kappa shape index (κ2) is 7.01. The Morgan fingerprint density at radius 2 is 1.88 bits per heavy atom. The number of halogens is 1. The van der Waals surface area contributed by atoms with E-state index in [1.807, 2.05) is 47.4 Å². The monoisotopic (exact) mass is 365 g/mol. The highest BCUT2D eigenvalue weighted by molar-refractivity contribution is 6.30. The van der Waals surface area contributed by atoms with Gasteiger partial charge < -0.3 is 15.5 Å². The van der Waals surface area contributed by atoms with Crippen LogP contribution in [0.5, 0.6) is 0 Å². The number of anilines is 4. The molecule has 0 aliphatic carbocycles. The average Bonchev–Trinajstić information content (AvgIpc) is 3.03. The van der Waals surface area contributed by atoms with Gasteiger partial charge in [-0.3, -0.25) is 4.79 Å². The average molecular weight is 366 g/mol. The van der Waals surface area contributed by atoms with Gasteiger partial charge in [0.1, 0.15) is 12.0 Å². The lowest BCUT2D eigenvalue weighted by atomic mass is 10.2. The van der Waals surface area contributed by atoms with Gasteiger partial charge in [0.2, 0.25) is 0 Å². The van der Waals surface area contributed by atoms with Crippen molar-refractivity contribution < 1.29 is 4.79 Å². The first-order chi connectivity index (χ1) is 12.7. The fraction of sp³-hybridized carbons (Fsp3) is 0.105. The van der Waals surface area contributed by atoms with E-state index in [1.54, 1.807) is 12.1 Å². The van der Waals surface area contributed by atoms with Crippen LogP contribution in [0.15, 0.2) is 60.9 Å². The van der Waals surface area contributed by atoms with Crippen LogP contribution in [0.2, 0.25) is 5.02 Å². The molecule has 1 aliphatic heterocycles. The molecule has 7 heteroatoms. The molecule has 4 rings (SSSR count). The molecule has 2 aromatic carbocycles. The Bertz CT molecular complexity index is 917. The zero-order valence-corrected chi connectivity index (χ0v) is 14.5. The van der Waals surface area contributed by atoms with Crippen LogP contribution in [0.25, 0.3) is 0 Å². The molecule has 1 atom stereocenters. The summed E-state index contributed by atoms with van der Waals surface area (Å²) >= 11 is 5.93. The summed E-state index contributed by atoms with van der Waals surface area (Å²) in [5, 5.41) is 7.11. The molecule has 26 heavy (non-hydrogen) atoms.